The molecule has 5 rings (SSSR count). The van der Waals surface area contributed by atoms with Gasteiger partial charge in [0.25, 0.3) is 0 Å². The lowest BCUT2D eigenvalue weighted by Crippen LogP contribution is -2.53. The smallest absolute Gasteiger partial charge is 0.192 e. The van der Waals surface area contributed by atoms with Crippen molar-refractivity contribution in [3.05, 3.63) is 0 Å². The molecule has 0 aromatic carbocycles. The van der Waals surface area contributed by atoms with Crippen molar-refractivity contribution in [2.24, 2.45) is 34.0 Å². The monoisotopic (exact) mass is 436 g/mol. The lowest BCUT2D eigenvalue weighted by Gasteiger charge is -2.55. The number of alkyl halides is 1. The Kier molecular flexibility index (Phi) is 4.44. The summed E-state index contributed by atoms with van der Waals surface area (Å²) in [6.07, 6.45) is 10.8. The number of carbonyl (C=O) groups excluding carboxylic acids is 1. The molecule has 0 aromatic rings. The summed E-state index contributed by atoms with van der Waals surface area (Å²) < 4.78 is 7.06. The summed E-state index contributed by atoms with van der Waals surface area (Å²) in [4.78, 5) is 12.3. The number of hydrogen-bond donors (Lipinski definition) is 0. The number of carbonyl (C=O) groups is 1. The summed E-state index contributed by atoms with van der Waals surface area (Å²) in [7, 11) is -1.75. The molecule has 0 aliphatic heterocycles. The molecular weight excluding hydrogens is 396 g/mol. The van der Waals surface area contributed by atoms with Crippen molar-refractivity contribution in [2.45, 2.75) is 115 Å². The molecule has 0 spiro atoms. The van der Waals surface area contributed by atoms with Crippen LogP contribution in [-0.2, 0) is 9.22 Å². The molecule has 0 bridgehead atoms. The first-order valence-electron chi connectivity index (χ1n) is 12.2. The summed E-state index contributed by atoms with van der Waals surface area (Å²) in [6.45, 7) is 14.5. The van der Waals surface area contributed by atoms with Gasteiger partial charge in [0.05, 0.1) is 6.10 Å². The van der Waals surface area contributed by atoms with E-state index in [1.807, 2.05) is 0 Å². The highest BCUT2D eigenvalue weighted by Crippen LogP contribution is 2.84. The predicted molar refractivity (Wildman–Crippen MR) is 122 cm³/mol. The molecule has 0 radical (unpaired) electrons. The molecule has 0 unspecified atom stereocenters. The van der Waals surface area contributed by atoms with E-state index in [1.165, 1.54) is 38.5 Å². The van der Waals surface area contributed by atoms with Gasteiger partial charge in [-0.25, -0.2) is 0 Å². The van der Waals surface area contributed by atoms with Crippen molar-refractivity contribution in [2.75, 3.05) is 0 Å². The molecule has 164 valence electrons. The number of ketones is 1. The van der Waals surface area contributed by atoms with Crippen molar-refractivity contribution >= 4 is 25.7 Å². The van der Waals surface area contributed by atoms with E-state index in [0.29, 0.717) is 22.7 Å². The van der Waals surface area contributed by atoms with E-state index in [-0.39, 0.29) is 15.8 Å². The number of rotatable bonds is 2. The predicted octanol–water partition coefficient (Wildman–Crippen LogP) is 6.96. The van der Waals surface area contributed by atoms with Crippen LogP contribution in [0.4, 0.5) is 0 Å². The van der Waals surface area contributed by atoms with Crippen LogP contribution in [0.3, 0.4) is 0 Å². The Balaban J connectivity index is 1.40. The Morgan fingerprint density at radius 3 is 2.45 bits per heavy atom. The largest absolute Gasteiger partial charge is 0.413 e. The second kappa shape index (κ2) is 6.13. The van der Waals surface area contributed by atoms with Crippen molar-refractivity contribution < 1.29 is 9.22 Å². The Hall–Kier alpha value is 0.137. The van der Waals surface area contributed by atoms with Crippen LogP contribution >= 0.6 is 11.6 Å². The van der Waals surface area contributed by atoms with Gasteiger partial charge in [-0.05, 0) is 91.7 Å². The van der Waals surface area contributed by atoms with E-state index in [9.17, 15) is 4.79 Å². The van der Waals surface area contributed by atoms with Gasteiger partial charge in [-0.2, -0.15) is 0 Å². The summed E-state index contributed by atoms with van der Waals surface area (Å²) in [6, 6.07) is 0. The minimum Gasteiger partial charge on any atom is -0.413 e. The molecule has 5 saturated carbocycles. The van der Waals surface area contributed by atoms with Crippen molar-refractivity contribution in [1.29, 1.82) is 0 Å². The second-order valence-corrected chi connectivity index (χ2v) is 18.4. The molecule has 2 nitrogen and oxygen atoms in total. The van der Waals surface area contributed by atoms with Crippen LogP contribution in [0.2, 0.25) is 18.1 Å². The zero-order valence-electron chi connectivity index (χ0n) is 19.4. The topological polar surface area (TPSA) is 26.3 Å². The first-order valence-corrected chi connectivity index (χ1v) is 15.6. The zero-order valence-corrected chi connectivity index (χ0v) is 21.2. The maximum absolute atomic E-state index is 12.3. The van der Waals surface area contributed by atoms with E-state index in [0.717, 1.165) is 37.0 Å². The van der Waals surface area contributed by atoms with Crippen molar-refractivity contribution in [1.82, 2.24) is 0 Å². The Morgan fingerprint density at radius 1 is 1.03 bits per heavy atom. The average molecular weight is 437 g/mol. The quantitative estimate of drug-likeness (QED) is 0.345. The third-order valence-electron chi connectivity index (χ3n) is 11.3. The van der Waals surface area contributed by atoms with E-state index in [2.05, 4.69) is 40.8 Å². The highest BCUT2D eigenvalue weighted by atomic mass is 35.5. The van der Waals surface area contributed by atoms with Gasteiger partial charge < -0.3 is 4.43 Å². The fraction of sp³-hybridized carbons (Fsp3) is 0.960. The third-order valence-corrected chi connectivity index (χ3v) is 16.6. The van der Waals surface area contributed by atoms with Crippen LogP contribution in [0, 0.1) is 34.0 Å². The molecule has 4 heteroatoms. The van der Waals surface area contributed by atoms with E-state index >= 15 is 0 Å². The third kappa shape index (κ3) is 2.53. The van der Waals surface area contributed by atoms with Gasteiger partial charge in [0.1, 0.15) is 5.78 Å². The van der Waals surface area contributed by atoms with Gasteiger partial charge in [-0.15, -0.1) is 11.6 Å². The molecule has 8 atom stereocenters. The summed E-state index contributed by atoms with van der Waals surface area (Å²) in [5, 5.41) is 0.540. The standard InChI is InChI=1S/C25H41ClO2Si/c1-22(2,3)29(5,6)28-20-8-7-18-17-10-13-24-15-16(27)9-14-25(24,21(24)26)19(17)11-12-23(18,20)4/h17-21H,7-15H2,1-6H3/t17-,18-,19-,20-,21+,23-,24+,25+/m0/s1. The van der Waals surface area contributed by atoms with E-state index in [1.54, 1.807) is 0 Å². The highest BCUT2D eigenvalue weighted by Gasteiger charge is 2.82. The molecule has 0 amide bonds. The minimum absolute atomic E-state index is 0.175. The Labute approximate surface area is 184 Å². The van der Waals surface area contributed by atoms with Gasteiger partial charge in [0, 0.05) is 23.6 Å². The van der Waals surface area contributed by atoms with Crippen molar-refractivity contribution in [3.63, 3.8) is 0 Å². The molecule has 5 aliphatic rings. The van der Waals surface area contributed by atoms with Crippen LogP contribution in [0.15, 0.2) is 0 Å². The van der Waals surface area contributed by atoms with Crippen LogP contribution in [0.25, 0.3) is 0 Å². The van der Waals surface area contributed by atoms with Crippen LogP contribution < -0.4 is 0 Å². The highest BCUT2D eigenvalue weighted by molar-refractivity contribution is 6.74. The number of hydrogen-bond acceptors (Lipinski definition) is 2. The average Bonchev–Trinajstić information content (AvgIpc) is 3.00. The summed E-state index contributed by atoms with van der Waals surface area (Å²) >= 11 is 7.07. The van der Waals surface area contributed by atoms with Crippen molar-refractivity contribution in [3.8, 4) is 0 Å². The first-order chi connectivity index (χ1) is 13.4. The maximum atomic E-state index is 12.3. The molecular formula is C25H41ClO2Si. The molecule has 29 heavy (non-hydrogen) atoms. The van der Waals surface area contributed by atoms with Crippen LogP contribution in [-0.4, -0.2) is 25.6 Å². The lowest BCUT2D eigenvalue weighted by atomic mass is 9.50. The van der Waals surface area contributed by atoms with Crippen LogP contribution in [0.5, 0.6) is 0 Å². The van der Waals surface area contributed by atoms with Gasteiger partial charge >= 0.3 is 0 Å². The molecule has 0 heterocycles. The fourth-order valence-corrected chi connectivity index (χ4v) is 10.9. The minimum atomic E-state index is -1.75. The Morgan fingerprint density at radius 2 is 1.76 bits per heavy atom. The summed E-state index contributed by atoms with van der Waals surface area (Å²) in [5.74, 6) is 2.85. The first kappa shape index (κ1) is 21.0. The molecule has 0 aromatic heterocycles. The zero-order chi connectivity index (χ0) is 21.0. The van der Waals surface area contributed by atoms with Gasteiger partial charge in [0.15, 0.2) is 8.32 Å². The summed E-state index contributed by atoms with van der Waals surface area (Å²) in [5.41, 5.74) is 0.814. The number of fused-ring (bicyclic) bond motifs is 3. The number of Topliss-reactive ketones (excluding diaryl/α,β-unsaturated/α-hetero) is 1. The van der Waals surface area contributed by atoms with Gasteiger partial charge in [-0.3, -0.25) is 4.79 Å². The number of halogens is 1. The molecule has 5 aliphatic carbocycles. The molecule has 0 N–H and O–H groups in total. The van der Waals surface area contributed by atoms with Gasteiger partial charge in [-0.1, -0.05) is 27.7 Å². The molecule has 5 fully saturated rings. The van der Waals surface area contributed by atoms with Gasteiger partial charge in [0.2, 0.25) is 0 Å². The molecule has 0 saturated heterocycles. The van der Waals surface area contributed by atoms with E-state index in [4.69, 9.17) is 16.0 Å². The van der Waals surface area contributed by atoms with Crippen LogP contribution in [0.1, 0.15) is 85.5 Å². The second-order valence-electron chi connectivity index (χ2n) is 13.2. The Bertz CT molecular complexity index is 729. The normalized spacial score (nSPS) is 51.7. The SMILES string of the molecule is CC(C)(C)[Si](C)(C)O[C@H]1CC[C@H]2[C@@H]3CC[C@]45CC(=O)CC[C@]4([C@@H]5Cl)[C@H]3CC[C@]12C. The lowest BCUT2D eigenvalue weighted by molar-refractivity contribution is -0.128. The maximum Gasteiger partial charge on any atom is 0.192 e. The van der Waals surface area contributed by atoms with E-state index < -0.39 is 8.32 Å². The fourth-order valence-electron chi connectivity index (χ4n) is 8.67.